The van der Waals surface area contributed by atoms with E-state index in [1.807, 2.05) is 0 Å². The number of nitro groups is 2. The summed E-state index contributed by atoms with van der Waals surface area (Å²) in [4.78, 5) is 35.9. The Morgan fingerprint density at radius 3 is 1.55 bits per heavy atom. The minimum Gasteiger partial charge on any atom is -0.357 e. The van der Waals surface area contributed by atoms with E-state index in [4.69, 9.17) is 9.59 Å². The van der Waals surface area contributed by atoms with Crippen LogP contribution in [0, 0.1) is 20.2 Å². The molecule has 0 amide bonds. The second-order valence-electron chi connectivity index (χ2n) is 1.36. The highest BCUT2D eigenvalue weighted by molar-refractivity contribution is 6.48. The van der Waals surface area contributed by atoms with Gasteiger partial charge in [0.1, 0.15) is 0 Å². The molecule has 2 N–H and O–H groups in total. The van der Waals surface area contributed by atoms with Gasteiger partial charge in [-0.3, -0.25) is 20.2 Å². The van der Waals surface area contributed by atoms with Gasteiger partial charge in [-0.2, -0.15) is 0 Å². The van der Waals surface area contributed by atoms with Gasteiger partial charge in [-0.05, 0) is 9.18 Å². The van der Waals surface area contributed by atoms with Crippen molar-refractivity contribution in [1.82, 2.24) is 0 Å². The van der Waals surface area contributed by atoms with E-state index >= 15 is 0 Å². The van der Waals surface area contributed by atoms with Gasteiger partial charge in [0.2, 0.25) is 0 Å². The molecule has 0 radical (unpaired) electrons. The van der Waals surface area contributed by atoms with Gasteiger partial charge in [0.15, 0.2) is 0 Å². The molecule has 0 saturated carbocycles. The van der Waals surface area contributed by atoms with Crippen molar-refractivity contribution in [2.24, 2.45) is 0 Å². The van der Waals surface area contributed by atoms with Gasteiger partial charge in [-0.15, -0.1) is 0 Å². The minimum atomic E-state index is -3.80. The average Bonchev–Trinajstić information content (AvgIpc) is 1.87. The summed E-state index contributed by atoms with van der Waals surface area (Å²) in [5.74, 6) is 0. The lowest BCUT2D eigenvalue weighted by Gasteiger charge is -1.99. The molecular weight excluding hydrogens is 196 g/mol. The molecule has 0 heterocycles. The predicted molar refractivity (Wildman–Crippen MR) is 33.8 cm³/mol. The highest BCUT2D eigenvalue weighted by Gasteiger charge is 2.38. The molecule has 0 aromatic heterocycles. The zero-order valence-electron chi connectivity index (χ0n) is 4.98. The first-order valence-electron chi connectivity index (χ1n) is 2.23. The van der Waals surface area contributed by atoms with Gasteiger partial charge in [-0.1, -0.05) is 0 Å². The van der Waals surface area contributed by atoms with Crippen LogP contribution in [-0.2, 0) is 4.12 Å². The van der Waals surface area contributed by atoms with Gasteiger partial charge < -0.3 is 13.7 Å². The van der Waals surface area contributed by atoms with Crippen molar-refractivity contribution in [3.63, 3.8) is 0 Å². The Morgan fingerprint density at radius 2 is 1.36 bits per heavy atom. The first-order valence-corrected chi connectivity index (χ1v) is 5.24. The Labute approximate surface area is 63.0 Å². The Hall–Kier alpha value is -0.886. The summed E-state index contributed by atoms with van der Waals surface area (Å²) in [6.07, 6.45) is 0. The van der Waals surface area contributed by atoms with Crippen molar-refractivity contribution in [1.29, 1.82) is 0 Å². The lowest BCUT2D eigenvalue weighted by molar-refractivity contribution is -0.390. The van der Waals surface area contributed by atoms with Crippen LogP contribution >= 0.6 is 0 Å². The second-order valence-corrected chi connectivity index (χ2v) is 4.60. The SMILES string of the molecule is O=[N+]([O-])[SiH](O)O[SiH](O)[N+](=O)[O-]. The zero-order chi connectivity index (χ0) is 9.02. The fraction of sp³-hybridized carbons (Fsp3) is 0. The Balaban J connectivity index is 3.84. The van der Waals surface area contributed by atoms with Gasteiger partial charge in [0.05, 0.1) is 0 Å². The van der Waals surface area contributed by atoms with E-state index in [1.165, 1.54) is 0 Å². The molecule has 0 saturated heterocycles. The predicted octanol–water partition coefficient (Wildman–Crippen LogP) is -3.02. The van der Waals surface area contributed by atoms with Gasteiger partial charge in [0.25, 0.3) is 0 Å². The number of hydrogen-bond donors (Lipinski definition) is 2. The molecular formula is H4N2O7Si2. The molecule has 0 bridgehead atoms. The first-order chi connectivity index (χ1) is 4.95. The van der Waals surface area contributed by atoms with Crippen LogP contribution in [0.2, 0.25) is 0 Å². The van der Waals surface area contributed by atoms with Crippen molar-refractivity contribution in [2.75, 3.05) is 0 Å². The van der Waals surface area contributed by atoms with E-state index in [-0.39, 0.29) is 0 Å². The molecule has 0 aromatic carbocycles. The van der Waals surface area contributed by atoms with Gasteiger partial charge in [-0.25, -0.2) is 0 Å². The largest absolute Gasteiger partial charge is 0.717 e. The molecule has 0 aliphatic rings. The van der Waals surface area contributed by atoms with Crippen LogP contribution in [0.25, 0.3) is 0 Å². The van der Waals surface area contributed by atoms with Crippen LogP contribution in [0.4, 0.5) is 0 Å². The summed E-state index contributed by atoms with van der Waals surface area (Å²) in [6.45, 7) is 0. The Morgan fingerprint density at radius 1 is 1.09 bits per heavy atom. The maximum atomic E-state index is 9.64. The maximum absolute atomic E-state index is 9.64. The van der Waals surface area contributed by atoms with Crippen LogP contribution in [0.3, 0.4) is 0 Å². The van der Waals surface area contributed by atoms with Crippen LogP contribution in [0.1, 0.15) is 0 Å². The fourth-order valence-corrected chi connectivity index (χ4v) is 1.87. The third-order valence-electron chi connectivity index (χ3n) is 0.604. The summed E-state index contributed by atoms with van der Waals surface area (Å²) in [5, 5.41) is 19.3. The quantitative estimate of drug-likeness (QED) is 0.280. The van der Waals surface area contributed by atoms with Crippen molar-refractivity contribution < 1.29 is 22.9 Å². The Bertz CT molecular complexity index is 150. The molecule has 0 aromatic rings. The molecule has 2 unspecified atom stereocenters. The van der Waals surface area contributed by atoms with Gasteiger partial charge in [0, 0.05) is 0 Å². The van der Waals surface area contributed by atoms with E-state index in [9.17, 15) is 20.2 Å². The molecule has 0 aliphatic carbocycles. The van der Waals surface area contributed by atoms with Gasteiger partial charge >= 0.3 is 18.9 Å². The summed E-state index contributed by atoms with van der Waals surface area (Å²) < 4.78 is 1.43. The molecule has 0 fully saturated rings. The van der Waals surface area contributed by atoms with Crippen molar-refractivity contribution >= 4 is 18.9 Å². The van der Waals surface area contributed by atoms with Crippen molar-refractivity contribution in [3.8, 4) is 0 Å². The monoisotopic (exact) mass is 200 g/mol. The number of rotatable bonds is 4. The molecule has 2 atom stereocenters. The van der Waals surface area contributed by atoms with Crippen molar-refractivity contribution in [2.45, 2.75) is 0 Å². The third-order valence-corrected chi connectivity index (χ3v) is 3.27. The van der Waals surface area contributed by atoms with Crippen LogP contribution < -0.4 is 0 Å². The smallest absolute Gasteiger partial charge is 0.357 e. The molecule has 9 nitrogen and oxygen atoms in total. The summed E-state index contributed by atoms with van der Waals surface area (Å²) in [6, 6.07) is 0. The summed E-state index contributed by atoms with van der Waals surface area (Å²) >= 11 is 0. The molecule has 0 aliphatic heterocycles. The van der Waals surface area contributed by atoms with E-state index in [0.717, 1.165) is 0 Å². The van der Waals surface area contributed by atoms with Crippen LogP contribution in [0.15, 0.2) is 0 Å². The third kappa shape index (κ3) is 3.73. The topological polar surface area (TPSA) is 136 Å². The molecule has 0 spiro atoms. The highest BCUT2D eigenvalue weighted by atomic mass is 28.4. The van der Waals surface area contributed by atoms with E-state index in [0.29, 0.717) is 0 Å². The maximum Gasteiger partial charge on any atom is 0.717 e. The molecule has 11 heteroatoms. The van der Waals surface area contributed by atoms with Crippen LogP contribution in [-0.4, -0.2) is 37.7 Å². The molecule has 0 rings (SSSR count). The highest BCUT2D eigenvalue weighted by Crippen LogP contribution is 1.86. The number of nitrogens with zero attached hydrogens (tertiary/aromatic N) is 2. The Kier molecular flexibility index (Phi) is 3.76. The normalized spacial score (nSPS) is 15.5. The molecule has 64 valence electrons. The summed E-state index contributed by atoms with van der Waals surface area (Å²) in [7, 11) is -7.59. The van der Waals surface area contributed by atoms with Crippen LogP contribution in [0.5, 0.6) is 0 Å². The second kappa shape index (κ2) is 4.09. The average molecular weight is 200 g/mol. The van der Waals surface area contributed by atoms with E-state index in [1.54, 1.807) is 0 Å². The van der Waals surface area contributed by atoms with E-state index in [2.05, 4.69) is 4.12 Å². The lowest BCUT2D eigenvalue weighted by Crippen LogP contribution is -2.40. The number of hydrogen-bond acceptors (Lipinski definition) is 7. The lowest BCUT2D eigenvalue weighted by atomic mass is 13.4. The standard InChI is InChI=1S/H4N2O7Si2/c3-1(4)10(7)9-11(8)2(5)6/h7-8,10-11H. The zero-order valence-corrected chi connectivity index (χ0v) is 7.29. The first kappa shape index (κ1) is 10.1. The fourth-order valence-electron chi connectivity index (χ4n) is 0.208. The summed E-state index contributed by atoms with van der Waals surface area (Å²) in [5.41, 5.74) is 0. The minimum absolute atomic E-state index is 1.17. The van der Waals surface area contributed by atoms with Crippen molar-refractivity contribution in [3.05, 3.63) is 20.2 Å². The molecule has 11 heavy (non-hydrogen) atoms. The van der Waals surface area contributed by atoms with E-state index < -0.39 is 28.1 Å².